The molecule has 1 saturated heterocycles. The molecule has 0 atom stereocenters. The second kappa shape index (κ2) is 2.64. The maximum absolute atomic E-state index is 5.62. The molecule has 0 bridgehead atoms. The summed E-state index contributed by atoms with van der Waals surface area (Å²) in [5.74, 6) is 0. The van der Waals surface area contributed by atoms with E-state index >= 15 is 0 Å². The summed E-state index contributed by atoms with van der Waals surface area (Å²) in [6, 6.07) is 2.86. The average Bonchev–Trinajstić information content (AvgIpc) is 1.55. The lowest BCUT2D eigenvalue weighted by atomic mass is 10.5. The van der Waals surface area contributed by atoms with Crippen molar-refractivity contribution in [1.29, 1.82) is 0 Å². The Morgan fingerprint density at radius 3 is 2.12 bits per heavy atom. The first kappa shape index (κ1) is 6.30. The highest BCUT2D eigenvalue weighted by Gasteiger charge is 2.21. The second-order valence-electron chi connectivity index (χ2n) is 2.74. The van der Waals surface area contributed by atoms with Gasteiger partial charge in [-0.3, -0.25) is 0 Å². The molecule has 0 N–H and O–H groups in total. The number of rotatable bonds is 2. The summed E-state index contributed by atoms with van der Waals surface area (Å²) in [5, 5.41) is 0. The average molecular weight is 130 g/mol. The third kappa shape index (κ3) is 1.60. The first-order valence-corrected chi connectivity index (χ1v) is 5.55. The minimum atomic E-state index is -0.559. The van der Waals surface area contributed by atoms with Crippen LogP contribution in [-0.2, 0) is 4.43 Å². The molecule has 0 radical (unpaired) electrons. The highest BCUT2D eigenvalue weighted by molar-refractivity contribution is 6.54. The van der Waals surface area contributed by atoms with E-state index in [0.29, 0.717) is 6.10 Å². The molecule has 0 aliphatic carbocycles. The van der Waals surface area contributed by atoms with Crippen molar-refractivity contribution in [1.82, 2.24) is 0 Å². The molecule has 1 heterocycles. The van der Waals surface area contributed by atoms with Crippen molar-refractivity contribution < 1.29 is 4.43 Å². The molecule has 0 aromatic rings. The van der Waals surface area contributed by atoms with Crippen LogP contribution in [0.4, 0.5) is 0 Å². The molecule has 0 saturated carbocycles. The maximum atomic E-state index is 5.62. The molecule has 2 heteroatoms. The van der Waals surface area contributed by atoms with Gasteiger partial charge in [-0.25, -0.2) is 0 Å². The predicted molar refractivity (Wildman–Crippen MR) is 37.6 cm³/mol. The molecule has 0 amide bonds. The van der Waals surface area contributed by atoms with E-state index in [2.05, 4.69) is 13.8 Å². The van der Waals surface area contributed by atoms with Crippen molar-refractivity contribution in [2.24, 2.45) is 0 Å². The topological polar surface area (TPSA) is 9.23 Å². The molecule has 8 heavy (non-hydrogen) atoms. The fourth-order valence-corrected chi connectivity index (χ4v) is 2.68. The van der Waals surface area contributed by atoms with Gasteiger partial charge in [0.05, 0.1) is 0 Å². The Kier molecular flexibility index (Phi) is 2.08. The van der Waals surface area contributed by atoms with Crippen LogP contribution < -0.4 is 0 Å². The first-order chi connectivity index (χ1) is 3.79. The van der Waals surface area contributed by atoms with Crippen LogP contribution >= 0.6 is 0 Å². The van der Waals surface area contributed by atoms with E-state index in [4.69, 9.17) is 4.43 Å². The molecule has 0 aromatic carbocycles. The zero-order valence-electron chi connectivity index (χ0n) is 5.68. The summed E-state index contributed by atoms with van der Waals surface area (Å²) < 4.78 is 5.62. The summed E-state index contributed by atoms with van der Waals surface area (Å²) in [5.41, 5.74) is 0. The van der Waals surface area contributed by atoms with E-state index in [0.717, 1.165) is 0 Å². The molecule has 1 nitrogen and oxygen atoms in total. The Labute approximate surface area is 52.8 Å². The molecule has 1 aliphatic rings. The summed E-state index contributed by atoms with van der Waals surface area (Å²) in [6.07, 6.45) is 1.93. The van der Waals surface area contributed by atoms with Crippen molar-refractivity contribution in [3.8, 4) is 0 Å². The summed E-state index contributed by atoms with van der Waals surface area (Å²) in [6.45, 7) is 4.26. The van der Waals surface area contributed by atoms with Gasteiger partial charge in [0.2, 0.25) is 0 Å². The monoisotopic (exact) mass is 130 g/mol. The maximum Gasteiger partial charge on any atom is 0.177 e. The lowest BCUT2D eigenvalue weighted by Gasteiger charge is -2.25. The fourth-order valence-electron chi connectivity index (χ4n) is 0.892. The van der Waals surface area contributed by atoms with Gasteiger partial charge >= 0.3 is 0 Å². The lowest BCUT2D eigenvalue weighted by molar-refractivity contribution is 0.233. The fraction of sp³-hybridized carbons (Fsp3) is 1.00. The second-order valence-corrected chi connectivity index (χ2v) is 5.41. The van der Waals surface area contributed by atoms with Gasteiger partial charge in [0.1, 0.15) is 0 Å². The van der Waals surface area contributed by atoms with Crippen molar-refractivity contribution in [2.45, 2.75) is 38.5 Å². The molecule has 0 aromatic heterocycles. The summed E-state index contributed by atoms with van der Waals surface area (Å²) in [4.78, 5) is 0. The van der Waals surface area contributed by atoms with Crippen molar-refractivity contribution in [3.63, 3.8) is 0 Å². The van der Waals surface area contributed by atoms with E-state index in [1.165, 1.54) is 18.5 Å². The van der Waals surface area contributed by atoms with Crippen LogP contribution in [0.5, 0.6) is 0 Å². The predicted octanol–water partition coefficient (Wildman–Crippen LogP) is 1.54. The van der Waals surface area contributed by atoms with Crippen molar-refractivity contribution in [3.05, 3.63) is 0 Å². The van der Waals surface area contributed by atoms with Crippen LogP contribution in [0.15, 0.2) is 0 Å². The minimum Gasteiger partial charge on any atom is -0.418 e. The van der Waals surface area contributed by atoms with E-state index < -0.39 is 9.04 Å². The smallest absolute Gasteiger partial charge is 0.177 e. The minimum absolute atomic E-state index is 0.493. The zero-order chi connectivity index (χ0) is 5.98. The van der Waals surface area contributed by atoms with Crippen LogP contribution in [0.2, 0.25) is 12.1 Å². The Morgan fingerprint density at radius 1 is 1.38 bits per heavy atom. The summed E-state index contributed by atoms with van der Waals surface area (Å²) in [7, 11) is -0.559. The van der Waals surface area contributed by atoms with E-state index in [9.17, 15) is 0 Å². The lowest BCUT2D eigenvalue weighted by Crippen LogP contribution is -2.28. The van der Waals surface area contributed by atoms with Gasteiger partial charge in [-0.05, 0) is 25.9 Å². The largest absolute Gasteiger partial charge is 0.418 e. The Morgan fingerprint density at radius 2 is 2.00 bits per heavy atom. The number of hydrogen-bond donors (Lipinski definition) is 0. The molecule has 0 spiro atoms. The molecule has 0 unspecified atom stereocenters. The number of hydrogen-bond acceptors (Lipinski definition) is 1. The van der Waals surface area contributed by atoms with E-state index in [-0.39, 0.29) is 0 Å². The molecule has 1 aliphatic heterocycles. The Hall–Kier alpha value is 0.177. The quantitative estimate of drug-likeness (QED) is 0.515. The zero-order valence-corrected chi connectivity index (χ0v) is 6.84. The molecular weight excluding hydrogens is 116 g/mol. The van der Waals surface area contributed by atoms with E-state index in [1.54, 1.807) is 0 Å². The molecule has 1 rings (SSSR count). The van der Waals surface area contributed by atoms with E-state index in [1.807, 2.05) is 0 Å². The van der Waals surface area contributed by atoms with Crippen LogP contribution in [-0.4, -0.2) is 15.1 Å². The third-order valence-corrected chi connectivity index (χ3v) is 4.55. The van der Waals surface area contributed by atoms with Crippen LogP contribution in [0.25, 0.3) is 0 Å². The van der Waals surface area contributed by atoms with Crippen LogP contribution in [0.1, 0.15) is 20.3 Å². The van der Waals surface area contributed by atoms with Crippen LogP contribution in [0, 0.1) is 0 Å². The van der Waals surface area contributed by atoms with Crippen LogP contribution in [0.3, 0.4) is 0 Å². The van der Waals surface area contributed by atoms with Gasteiger partial charge in [0.15, 0.2) is 9.04 Å². The van der Waals surface area contributed by atoms with Gasteiger partial charge in [-0.15, -0.1) is 0 Å². The normalized spacial score (nSPS) is 21.4. The Balaban J connectivity index is 2.01. The van der Waals surface area contributed by atoms with Gasteiger partial charge in [0.25, 0.3) is 0 Å². The SMILES string of the molecule is CC(C)O[SiH]1CCC1. The highest BCUT2D eigenvalue weighted by Crippen LogP contribution is 2.21. The molecule has 1 fully saturated rings. The third-order valence-electron chi connectivity index (χ3n) is 1.52. The van der Waals surface area contributed by atoms with Crippen molar-refractivity contribution >= 4 is 9.04 Å². The van der Waals surface area contributed by atoms with Gasteiger partial charge in [-0.1, -0.05) is 6.42 Å². The van der Waals surface area contributed by atoms with Gasteiger partial charge in [-0.2, -0.15) is 0 Å². The van der Waals surface area contributed by atoms with Gasteiger partial charge in [0, 0.05) is 6.10 Å². The highest BCUT2D eigenvalue weighted by atomic mass is 28.3. The first-order valence-electron chi connectivity index (χ1n) is 3.44. The van der Waals surface area contributed by atoms with Crippen molar-refractivity contribution in [2.75, 3.05) is 0 Å². The standard InChI is InChI=1S/C6H14OSi/c1-6(2)7-8-4-3-5-8/h6,8H,3-5H2,1-2H3. The summed E-state index contributed by atoms with van der Waals surface area (Å²) >= 11 is 0. The molecular formula is C6H14OSi. The Bertz CT molecular complexity index is 68.9. The van der Waals surface area contributed by atoms with Gasteiger partial charge < -0.3 is 4.43 Å². The molecule has 48 valence electrons.